The first-order valence-corrected chi connectivity index (χ1v) is 6.44. The van der Waals surface area contributed by atoms with E-state index in [2.05, 4.69) is 29.2 Å². The van der Waals surface area contributed by atoms with Gasteiger partial charge < -0.3 is 10.3 Å². The number of nitrogen functional groups attached to an aromatic ring is 1. The molecule has 2 N–H and O–H groups in total. The summed E-state index contributed by atoms with van der Waals surface area (Å²) >= 11 is 0. The molecule has 1 aromatic heterocycles. The maximum Gasteiger partial charge on any atom is 0.237 e. The molecule has 0 bridgehead atoms. The van der Waals surface area contributed by atoms with Crippen molar-refractivity contribution < 1.29 is 4.52 Å². The van der Waals surface area contributed by atoms with Gasteiger partial charge in [0.2, 0.25) is 5.89 Å². The lowest BCUT2D eigenvalue weighted by atomic mass is 9.96. The zero-order chi connectivity index (χ0) is 12.6. The Morgan fingerprint density at radius 1 is 1.28 bits per heavy atom. The van der Waals surface area contributed by atoms with E-state index in [1.807, 2.05) is 12.1 Å². The van der Waals surface area contributed by atoms with Gasteiger partial charge in [0.25, 0.3) is 0 Å². The van der Waals surface area contributed by atoms with Crippen LogP contribution in [0.3, 0.4) is 0 Å². The summed E-state index contributed by atoms with van der Waals surface area (Å²) in [5.74, 6) is 1.57. The van der Waals surface area contributed by atoms with Gasteiger partial charge in [0.15, 0.2) is 5.82 Å². The predicted molar refractivity (Wildman–Crippen MR) is 69.2 cm³/mol. The standard InChI is InChI=1S/C14H17N3O/c1-2-3-12-16-13(18-17-12)14(8-9-14)10-4-6-11(15)7-5-10/h4-7H,2-3,8-9,15H2,1H3. The van der Waals surface area contributed by atoms with Gasteiger partial charge in [-0.25, -0.2) is 0 Å². The van der Waals surface area contributed by atoms with Gasteiger partial charge in [-0.15, -0.1) is 0 Å². The Bertz CT molecular complexity index is 540. The number of hydrogen-bond donors (Lipinski definition) is 1. The largest absolute Gasteiger partial charge is 0.399 e. The third kappa shape index (κ3) is 1.78. The number of nitrogens with two attached hydrogens (primary N) is 1. The smallest absolute Gasteiger partial charge is 0.237 e. The first kappa shape index (κ1) is 11.3. The van der Waals surface area contributed by atoms with Crippen molar-refractivity contribution in [2.24, 2.45) is 0 Å². The Morgan fingerprint density at radius 2 is 2.00 bits per heavy atom. The lowest BCUT2D eigenvalue weighted by Gasteiger charge is -2.10. The second kappa shape index (κ2) is 4.12. The average Bonchev–Trinajstić information content (AvgIpc) is 3.05. The summed E-state index contributed by atoms with van der Waals surface area (Å²) in [4.78, 5) is 4.52. The number of anilines is 1. The van der Waals surface area contributed by atoms with Gasteiger partial charge in [-0.3, -0.25) is 0 Å². The quantitative estimate of drug-likeness (QED) is 0.838. The molecule has 0 atom stereocenters. The van der Waals surface area contributed by atoms with Gasteiger partial charge >= 0.3 is 0 Å². The Labute approximate surface area is 106 Å². The number of nitrogens with zero attached hydrogens (tertiary/aromatic N) is 2. The minimum atomic E-state index is -0.0489. The van der Waals surface area contributed by atoms with Crippen LogP contribution in [0.5, 0.6) is 0 Å². The van der Waals surface area contributed by atoms with Gasteiger partial charge in [0.1, 0.15) is 0 Å². The third-order valence-electron chi connectivity index (χ3n) is 3.56. The van der Waals surface area contributed by atoms with E-state index < -0.39 is 0 Å². The fourth-order valence-electron chi connectivity index (χ4n) is 2.33. The number of rotatable bonds is 4. The molecule has 1 saturated carbocycles. The molecule has 1 aromatic carbocycles. The van der Waals surface area contributed by atoms with Crippen LogP contribution in [-0.4, -0.2) is 10.1 Å². The van der Waals surface area contributed by atoms with Crippen LogP contribution in [0, 0.1) is 0 Å². The van der Waals surface area contributed by atoms with E-state index >= 15 is 0 Å². The third-order valence-corrected chi connectivity index (χ3v) is 3.56. The summed E-state index contributed by atoms with van der Waals surface area (Å²) in [5.41, 5.74) is 7.68. The maximum absolute atomic E-state index is 5.72. The summed E-state index contributed by atoms with van der Waals surface area (Å²) in [6.07, 6.45) is 4.06. The molecule has 0 spiro atoms. The highest BCUT2D eigenvalue weighted by atomic mass is 16.5. The molecule has 4 heteroatoms. The van der Waals surface area contributed by atoms with Crippen LogP contribution in [0.2, 0.25) is 0 Å². The minimum Gasteiger partial charge on any atom is -0.399 e. The molecule has 0 unspecified atom stereocenters. The highest BCUT2D eigenvalue weighted by molar-refractivity contribution is 5.45. The summed E-state index contributed by atoms with van der Waals surface area (Å²) in [7, 11) is 0. The molecule has 94 valence electrons. The first-order valence-electron chi connectivity index (χ1n) is 6.44. The highest BCUT2D eigenvalue weighted by Gasteiger charge is 2.50. The molecule has 2 aromatic rings. The molecule has 1 fully saturated rings. The van der Waals surface area contributed by atoms with Crippen molar-refractivity contribution >= 4 is 5.69 Å². The van der Waals surface area contributed by atoms with Crippen molar-refractivity contribution in [3.8, 4) is 0 Å². The molecule has 1 aliphatic rings. The van der Waals surface area contributed by atoms with Crippen LogP contribution in [-0.2, 0) is 11.8 Å². The van der Waals surface area contributed by atoms with Gasteiger partial charge in [-0.1, -0.05) is 24.2 Å². The number of aromatic nitrogens is 2. The second-order valence-electron chi connectivity index (χ2n) is 4.97. The first-order chi connectivity index (χ1) is 8.74. The maximum atomic E-state index is 5.72. The topological polar surface area (TPSA) is 64.9 Å². The van der Waals surface area contributed by atoms with E-state index in [-0.39, 0.29) is 5.41 Å². The van der Waals surface area contributed by atoms with Gasteiger partial charge in [0.05, 0.1) is 5.41 Å². The lowest BCUT2D eigenvalue weighted by Crippen LogP contribution is -2.09. The highest BCUT2D eigenvalue weighted by Crippen LogP contribution is 2.52. The van der Waals surface area contributed by atoms with E-state index in [0.717, 1.165) is 43.1 Å². The fourth-order valence-corrected chi connectivity index (χ4v) is 2.33. The Kier molecular flexibility index (Phi) is 2.58. The Morgan fingerprint density at radius 3 is 2.61 bits per heavy atom. The van der Waals surface area contributed by atoms with E-state index in [1.165, 1.54) is 5.56 Å². The molecular weight excluding hydrogens is 226 g/mol. The molecule has 1 heterocycles. The van der Waals surface area contributed by atoms with Crippen molar-refractivity contribution in [2.45, 2.75) is 38.0 Å². The fraction of sp³-hybridized carbons (Fsp3) is 0.429. The van der Waals surface area contributed by atoms with E-state index in [1.54, 1.807) is 0 Å². The zero-order valence-corrected chi connectivity index (χ0v) is 10.5. The van der Waals surface area contributed by atoms with Crippen LogP contribution in [0.1, 0.15) is 43.5 Å². The van der Waals surface area contributed by atoms with Crippen molar-refractivity contribution in [1.82, 2.24) is 10.1 Å². The molecular formula is C14H17N3O. The van der Waals surface area contributed by atoms with Gasteiger partial charge in [-0.2, -0.15) is 4.98 Å². The summed E-state index contributed by atoms with van der Waals surface area (Å²) in [5, 5.41) is 4.04. The summed E-state index contributed by atoms with van der Waals surface area (Å²) in [6, 6.07) is 7.98. The molecule has 4 nitrogen and oxygen atoms in total. The van der Waals surface area contributed by atoms with Crippen LogP contribution in [0.4, 0.5) is 5.69 Å². The van der Waals surface area contributed by atoms with E-state index in [4.69, 9.17) is 10.3 Å². The van der Waals surface area contributed by atoms with Crippen LogP contribution < -0.4 is 5.73 Å². The van der Waals surface area contributed by atoms with E-state index in [0.29, 0.717) is 0 Å². The van der Waals surface area contributed by atoms with Crippen molar-refractivity contribution in [2.75, 3.05) is 5.73 Å². The zero-order valence-electron chi connectivity index (χ0n) is 10.5. The monoisotopic (exact) mass is 243 g/mol. The van der Waals surface area contributed by atoms with Crippen molar-refractivity contribution in [1.29, 1.82) is 0 Å². The van der Waals surface area contributed by atoms with Crippen LogP contribution in [0.25, 0.3) is 0 Å². The predicted octanol–water partition coefficient (Wildman–Crippen LogP) is 2.68. The number of aryl methyl sites for hydroxylation is 1. The van der Waals surface area contributed by atoms with Gasteiger partial charge in [0, 0.05) is 12.1 Å². The second-order valence-corrected chi connectivity index (χ2v) is 4.97. The molecule has 0 amide bonds. The molecule has 18 heavy (non-hydrogen) atoms. The Hall–Kier alpha value is -1.84. The normalized spacial score (nSPS) is 16.7. The minimum absolute atomic E-state index is 0.0489. The molecule has 0 radical (unpaired) electrons. The molecule has 0 aliphatic heterocycles. The molecule has 1 aliphatic carbocycles. The number of benzene rings is 1. The number of hydrogen-bond acceptors (Lipinski definition) is 4. The van der Waals surface area contributed by atoms with Crippen LogP contribution >= 0.6 is 0 Å². The average molecular weight is 243 g/mol. The van der Waals surface area contributed by atoms with Crippen molar-refractivity contribution in [3.63, 3.8) is 0 Å². The summed E-state index contributed by atoms with van der Waals surface area (Å²) < 4.78 is 5.44. The van der Waals surface area contributed by atoms with Crippen molar-refractivity contribution in [3.05, 3.63) is 41.5 Å². The molecule has 3 rings (SSSR count). The van der Waals surface area contributed by atoms with Crippen LogP contribution in [0.15, 0.2) is 28.8 Å². The van der Waals surface area contributed by atoms with Gasteiger partial charge in [-0.05, 0) is 37.0 Å². The lowest BCUT2D eigenvalue weighted by molar-refractivity contribution is 0.355. The summed E-state index contributed by atoms with van der Waals surface area (Å²) in [6.45, 7) is 2.11. The Balaban J connectivity index is 1.91. The van der Waals surface area contributed by atoms with E-state index in [9.17, 15) is 0 Å². The molecule has 0 saturated heterocycles. The SMILES string of the molecule is CCCc1noc(C2(c3ccc(N)cc3)CC2)n1.